The van der Waals surface area contributed by atoms with Crippen molar-refractivity contribution in [2.75, 3.05) is 19.6 Å². The normalized spacial score (nSPS) is 23.8. The molecule has 2 atom stereocenters. The monoisotopic (exact) mass is 371 g/mol. The minimum atomic E-state index is -0.138. The molecule has 1 aliphatic carbocycles. The van der Waals surface area contributed by atoms with Crippen LogP contribution in [0.25, 0.3) is 0 Å². The minimum absolute atomic E-state index is 0.0909. The Morgan fingerprint density at radius 1 is 1.07 bits per heavy atom. The molecule has 1 aliphatic heterocycles. The van der Waals surface area contributed by atoms with Crippen LogP contribution in [-0.4, -0.2) is 41.3 Å². The number of carbonyl (C=O) groups is 2. The number of hydrogen-bond acceptors (Lipinski definition) is 3. The average molecular weight is 372 g/mol. The van der Waals surface area contributed by atoms with Crippen molar-refractivity contribution in [3.63, 3.8) is 0 Å². The summed E-state index contributed by atoms with van der Waals surface area (Å²) in [6, 6.07) is 4.17. The lowest BCUT2D eigenvalue weighted by molar-refractivity contribution is -0.144. The van der Waals surface area contributed by atoms with Crippen LogP contribution in [0, 0.1) is 11.8 Å². The van der Waals surface area contributed by atoms with Crippen molar-refractivity contribution in [3.8, 4) is 0 Å². The zero-order valence-corrected chi connectivity index (χ0v) is 16.5. The molecule has 2 fully saturated rings. The molecule has 1 saturated heterocycles. The van der Waals surface area contributed by atoms with E-state index in [9.17, 15) is 9.59 Å². The fraction of sp³-hybridized carbons (Fsp3) is 0.682. The Bertz CT molecular complexity index is 611. The summed E-state index contributed by atoms with van der Waals surface area (Å²) in [5.74, 6) is 0.544. The number of carbonyl (C=O) groups excluding carboxylic acids is 2. The largest absolute Gasteiger partial charge is 0.356 e. The molecule has 0 bridgehead atoms. The standard InChI is InChI=1S/C22H33N3O2/c1-2-3-12-24-21(26)19-6-4-5-7-20(19)22(27)25-15-10-18(11-16-25)17-8-13-23-14-9-17/h8-9,13-14,18-20H,2-7,10-12,15-16H2,1H3,(H,24,26)/t19-,20+/m1/s1. The molecule has 1 N–H and O–H groups in total. The van der Waals surface area contributed by atoms with E-state index >= 15 is 0 Å². The first-order chi connectivity index (χ1) is 13.2. The van der Waals surface area contributed by atoms with Crippen molar-refractivity contribution in [1.29, 1.82) is 0 Å². The maximum absolute atomic E-state index is 13.2. The molecule has 148 valence electrons. The Morgan fingerprint density at radius 2 is 1.74 bits per heavy atom. The zero-order valence-electron chi connectivity index (χ0n) is 16.5. The van der Waals surface area contributed by atoms with Crippen LogP contribution >= 0.6 is 0 Å². The molecule has 2 heterocycles. The SMILES string of the molecule is CCCCNC(=O)[C@@H]1CCCC[C@@H]1C(=O)N1CCC(c2ccncc2)CC1. The van der Waals surface area contributed by atoms with Gasteiger partial charge in [0.1, 0.15) is 0 Å². The van der Waals surface area contributed by atoms with Crippen molar-refractivity contribution >= 4 is 11.8 Å². The molecule has 5 heteroatoms. The van der Waals surface area contributed by atoms with Crippen LogP contribution in [-0.2, 0) is 9.59 Å². The molecule has 1 aromatic heterocycles. The third-order valence-corrected chi connectivity index (χ3v) is 6.23. The summed E-state index contributed by atoms with van der Waals surface area (Å²) in [4.78, 5) is 31.9. The number of pyridine rings is 1. The topological polar surface area (TPSA) is 62.3 Å². The van der Waals surface area contributed by atoms with Gasteiger partial charge in [-0.3, -0.25) is 14.6 Å². The highest BCUT2D eigenvalue weighted by atomic mass is 16.2. The van der Waals surface area contributed by atoms with Crippen molar-refractivity contribution in [2.45, 2.75) is 64.2 Å². The van der Waals surface area contributed by atoms with Crippen molar-refractivity contribution in [1.82, 2.24) is 15.2 Å². The third-order valence-electron chi connectivity index (χ3n) is 6.23. The zero-order chi connectivity index (χ0) is 19.1. The highest BCUT2D eigenvalue weighted by molar-refractivity contribution is 5.88. The average Bonchev–Trinajstić information content (AvgIpc) is 2.74. The van der Waals surface area contributed by atoms with Crippen LogP contribution in [0.4, 0.5) is 0 Å². The second-order valence-corrected chi connectivity index (χ2v) is 8.02. The molecule has 1 saturated carbocycles. The summed E-state index contributed by atoms with van der Waals surface area (Å²) in [7, 11) is 0. The van der Waals surface area contributed by atoms with E-state index in [1.165, 1.54) is 5.56 Å². The number of amides is 2. The number of piperidine rings is 1. The van der Waals surface area contributed by atoms with E-state index in [-0.39, 0.29) is 23.7 Å². The van der Waals surface area contributed by atoms with Gasteiger partial charge < -0.3 is 10.2 Å². The van der Waals surface area contributed by atoms with E-state index in [4.69, 9.17) is 0 Å². The molecule has 5 nitrogen and oxygen atoms in total. The first kappa shape index (κ1) is 19.8. The summed E-state index contributed by atoms with van der Waals surface area (Å²) in [5.41, 5.74) is 1.32. The molecule has 2 aliphatic rings. The molecule has 3 rings (SSSR count). The maximum Gasteiger partial charge on any atom is 0.226 e. The molecule has 0 spiro atoms. The molecule has 0 aromatic carbocycles. The van der Waals surface area contributed by atoms with E-state index in [0.717, 1.165) is 71.0 Å². The van der Waals surface area contributed by atoms with Crippen LogP contribution in [0.5, 0.6) is 0 Å². The predicted molar refractivity (Wildman–Crippen MR) is 106 cm³/mol. The van der Waals surface area contributed by atoms with Gasteiger partial charge in [-0.05, 0) is 55.7 Å². The quantitative estimate of drug-likeness (QED) is 0.779. The van der Waals surface area contributed by atoms with Gasteiger partial charge in [0, 0.05) is 43.9 Å². The van der Waals surface area contributed by atoms with Gasteiger partial charge in [-0.1, -0.05) is 26.2 Å². The summed E-state index contributed by atoms with van der Waals surface area (Å²) in [5, 5.41) is 3.05. The van der Waals surface area contributed by atoms with Gasteiger partial charge in [-0.25, -0.2) is 0 Å². The Kier molecular flexibility index (Phi) is 7.25. The molecule has 2 amide bonds. The van der Waals surface area contributed by atoms with Crippen LogP contribution in [0.15, 0.2) is 24.5 Å². The van der Waals surface area contributed by atoms with Crippen LogP contribution in [0.3, 0.4) is 0 Å². The van der Waals surface area contributed by atoms with Crippen LogP contribution in [0.2, 0.25) is 0 Å². The van der Waals surface area contributed by atoms with Crippen LogP contribution < -0.4 is 5.32 Å². The van der Waals surface area contributed by atoms with Crippen molar-refractivity contribution in [2.24, 2.45) is 11.8 Å². The molecular weight excluding hydrogens is 338 g/mol. The summed E-state index contributed by atoms with van der Waals surface area (Å²) in [6.07, 6.45) is 11.6. The fourth-order valence-corrected chi connectivity index (χ4v) is 4.56. The fourth-order valence-electron chi connectivity index (χ4n) is 4.56. The van der Waals surface area contributed by atoms with E-state index in [0.29, 0.717) is 5.92 Å². The van der Waals surface area contributed by atoms with Gasteiger partial charge in [-0.2, -0.15) is 0 Å². The Hall–Kier alpha value is -1.91. The Labute approximate surface area is 162 Å². The molecule has 27 heavy (non-hydrogen) atoms. The molecule has 0 radical (unpaired) electrons. The highest BCUT2D eigenvalue weighted by Gasteiger charge is 2.38. The molecule has 0 unspecified atom stereocenters. The number of nitrogens with zero attached hydrogens (tertiary/aromatic N) is 2. The lowest BCUT2D eigenvalue weighted by atomic mass is 9.77. The first-order valence-corrected chi connectivity index (χ1v) is 10.7. The number of hydrogen-bond donors (Lipinski definition) is 1. The van der Waals surface area contributed by atoms with Gasteiger partial charge in [0.05, 0.1) is 0 Å². The lowest BCUT2D eigenvalue weighted by Gasteiger charge is -2.37. The highest BCUT2D eigenvalue weighted by Crippen LogP contribution is 2.34. The summed E-state index contributed by atoms with van der Waals surface area (Å²) in [6.45, 7) is 4.44. The number of nitrogens with one attached hydrogen (secondary N) is 1. The maximum atomic E-state index is 13.2. The van der Waals surface area contributed by atoms with Gasteiger partial charge in [0.2, 0.25) is 11.8 Å². The minimum Gasteiger partial charge on any atom is -0.356 e. The number of aromatic nitrogens is 1. The van der Waals surface area contributed by atoms with E-state index in [1.807, 2.05) is 17.3 Å². The Balaban J connectivity index is 1.56. The van der Waals surface area contributed by atoms with Crippen molar-refractivity contribution < 1.29 is 9.59 Å². The predicted octanol–water partition coefficient (Wildman–Crippen LogP) is 3.51. The summed E-state index contributed by atoms with van der Waals surface area (Å²) >= 11 is 0. The van der Waals surface area contributed by atoms with Gasteiger partial charge >= 0.3 is 0 Å². The van der Waals surface area contributed by atoms with E-state index in [2.05, 4.69) is 29.4 Å². The second-order valence-electron chi connectivity index (χ2n) is 8.02. The summed E-state index contributed by atoms with van der Waals surface area (Å²) < 4.78 is 0. The van der Waals surface area contributed by atoms with Gasteiger partial charge in [0.15, 0.2) is 0 Å². The second kappa shape index (κ2) is 9.86. The third kappa shape index (κ3) is 5.08. The van der Waals surface area contributed by atoms with Gasteiger partial charge in [0.25, 0.3) is 0 Å². The van der Waals surface area contributed by atoms with Gasteiger partial charge in [-0.15, -0.1) is 0 Å². The number of unbranched alkanes of at least 4 members (excludes halogenated alkanes) is 1. The smallest absolute Gasteiger partial charge is 0.226 e. The molecular formula is C22H33N3O2. The van der Waals surface area contributed by atoms with Crippen molar-refractivity contribution in [3.05, 3.63) is 30.1 Å². The first-order valence-electron chi connectivity index (χ1n) is 10.7. The molecule has 1 aromatic rings. The van der Waals surface area contributed by atoms with E-state index < -0.39 is 0 Å². The Morgan fingerprint density at radius 3 is 2.41 bits per heavy atom. The number of likely N-dealkylation sites (tertiary alicyclic amines) is 1. The van der Waals surface area contributed by atoms with Crippen LogP contribution in [0.1, 0.15) is 69.8 Å². The lowest BCUT2D eigenvalue weighted by Crippen LogP contribution is -2.47. The number of rotatable bonds is 6. The van der Waals surface area contributed by atoms with E-state index in [1.54, 1.807) is 0 Å².